The Hall–Kier alpha value is -2.89. The largest absolute Gasteiger partial charge is 0.462 e. The van der Waals surface area contributed by atoms with Crippen molar-refractivity contribution in [2.24, 2.45) is 0 Å². The number of unbranched alkanes of at least 4 members (excludes halogenated alkanes) is 37. The van der Waals surface area contributed by atoms with Crippen LogP contribution in [0.1, 0.15) is 329 Å². The molecule has 0 N–H and O–H groups in total. The minimum atomic E-state index is -0.788. The number of carbonyl (C=O) groups excluding carboxylic acids is 3. The van der Waals surface area contributed by atoms with Gasteiger partial charge in [0.2, 0.25) is 0 Å². The average Bonchev–Trinajstić information content (AvgIpc) is 3.39. The monoisotopic (exact) mass is 1020 g/mol. The Morgan fingerprint density at radius 3 is 0.822 bits per heavy atom. The molecule has 0 amide bonds. The van der Waals surface area contributed by atoms with Gasteiger partial charge < -0.3 is 14.2 Å². The number of allylic oxidation sites excluding steroid dienone is 10. The summed E-state index contributed by atoms with van der Waals surface area (Å²) in [5.41, 5.74) is 0. The van der Waals surface area contributed by atoms with Crippen LogP contribution in [-0.2, 0) is 28.6 Å². The van der Waals surface area contributed by atoms with Gasteiger partial charge in [0.1, 0.15) is 13.2 Å². The Morgan fingerprint density at radius 1 is 0.274 bits per heavy atom. The summed E-state index contributed by atoms with van der Waals surface area (Å²) in [7, 11) is 0. The molecule has 1 unspecified atom stereocenters. The number of hydrogen-bond donors (Lipinski definition) is 0. The van der Waals surface area contributed by atoms with Crippen molar-refractivity contribution in [1.29, 1.82) is 0 Å². The van der Waals surface area contributed by atoms with Crippen molar-refractivity contribution in [3.05, 3.63) is 60.8 Å². The molecule has 0 saturated carbocycles. The Balaban J connectivity index is 4.29. The van der Waals surface area contributed by atoms with Crippen molar-refractivity contribution in [2.45, 2.75) is 335 Å². The van der Waals surface area contributed by atoms with E-state index < -0.39 is 6.10 Å². The van der Waals surface area contributed by atoms with Crippen LogP contribution >= 0.6 is 0 Å². The number of rotatable bonds is 58. The SMILES string of the molecule is CCCC/C=C\C/C=C\CCCCCCCC(=O)OCC(COC(=O)CCCCCCCCCCCCCCC/C=C\CCCCCCCCCC)OC(=O)CCCCCCC/C=C\C/C=C\CCCCCC. The van der Waals surface area contributed by atoms with Crippen LogP contribution < -0.4 is 0 Å². The third-order valence-corrected chi connectivity index (χ3v) is 14.0. The minimum Gasteiger partial charge on any atom is -0.462 e. The summed E-state index contributed by atoms with van der Waals surface area (Å²) in [6, 6.07) is 0. The predicted molar refractivity (Wildman–Crippen MR) is 316 cm³/mol. The molecule has 0 heterocycles. The molecule has 1 atom stereocenters. The number of hydrogen-bond acceptors (Lipinski definition) is 6. The van der Waals surface area contributed by atoms with Crippen LogP contribution in [0.5, 0.6) is 0 Å². The van der Waals surface area contributed by atoms with Crippen molar-refractivity contribution in [2.75, 3.05) is 13.2 Å². The maximum absolute atomic E-state index is 12.9. The first-order chi connectivity index (χ1) is 36.0. The normalized spacial score (nSPS) is 12.4. The molecular formula is C67H120O6. The van der Waals surface area contributed by atoms with E-state index in [0.717, 1.165) is 103 Å². The molecule has 424 valence electrons. The zero-order valence-corrected chi connectivity index (χ0v) is 48.7. The topological polar surface area (TPSA) is 78.9 Å². The van der Waals surface area contributed by atoms with Crippen molar-refractivity contribution in [3.63, 3.8) is 0 Å². The highest BCUT2D eigenvalue weighted by Gasteiger charge is 2.19. The molecule has 0 aromatic heterocycles. The van der Waals surface area contributed by atoms with E-state index in [-0.39, 0.29) is 31.1 Å². The highest BCUT2D eigenvalue weighted by molar-refractivity contribution is 5.71. The van der Waals surface area contributed by atoms with E-state index in [2.05, 4.69) is 81.5 Å². The molecule has 0 aliphatic heterocycles. The number of carbonyl (C=O) groups is 3. The molecule has 0 bridgehead atoms. The second-order valence-electron chi connectivity index (χ2n) is 21.3. The maximum atomic E-state index is 12.9. The van der Waals surface area contributed by atoms with E-state index in [0.29, 0.717) is 19.3 Å². The van der Waals surface area contributed by atoms with E-state index in [1.54, 1.807) is 0 Å². The molecule has 0 spiro atoms. The van der Waals surface area contributed by atoms with E-state index in [9.17, 15) is 14.4 Å². The second-order valence-corrected chi connectivity index (χ2v) is 21.3. The highest BCUT2D eigenvalue weighted by Crippen LogP contribution is 2.16. The number of esters is 3. The van der Waals surface area contributed by atoms with E-state index in [4.69, 9.17) is 14.2 Å². The Labute approximate surface area is 453 Å². The molecule has 0 fully saturated rings. The van der Waals surface area contributed by atoms with Gasteiger partial charge in [-0.25, -0.2) is 0 Å². The lowest BCUT2D eigenvalue weighted by molar-refractivity contribution is -0.167. The van der Waals surface area contributed by atoms with Gasteiger partial charge in [-0.05, 0) is 103 Å². The third-order valence-electron chi connectivity index (χ3n) is 14.0. The van der Waals surface area contributed by atoms with E-state index in [1.165, 1.54) is 186 Å². The summed E-state index contributed by atoms with van der Waals surface area (Å²) in [6.45, 7) is 6.60. The zero-order chi connectivity index (χ0) is 52.9. The van der Waals surface area contributed by atoms with Gasteiger partial charge in [-0.3, -0.25) is 14.4 Å². The summed E-state index contributed by atoms with van der Waals surface area (Å²) in [4.78, 5) is 38.3. The molecule has 0 aromatic carbocycles. The first kappa shape index (κ1) is 70.1. The summed E-state index contributed by atoms with van der Waals surface area (Å²) in [5.74, 6) is -0.897. The smallest absolute Gasteiger partial charge is 0.306 e. The van der Waals surface area contributed by atoms with Crippen LogP contribution in [0.4, 0.5) is 0 Å². The quantitative estimate of drug-likeness (QED) is 0.0261. The van der Waals surface area contributed by atoms with Crippen LogP contribution in [0.3, 0.4) is 0 Å². The fraction of sp³-hybridized carbons (Fsp3) is 0.806. The summed E-state index contributed by atoms with van der Waals surface area (Å²) < 4.78 is 16.9. The predicted octanol–water partition coefficient (Wildman–Crippen LogP) is 21.6. The van der Waals surface area contributed by atoms with Gasteiger partial charge in [0.25, 0.3) is 0 Å². The minimum absolute atomic E-state index is 0.0828. The molecule has 6 nitrogen and oxygen atoms in total. The number of ether oxygens (including phenoxy) is 3. The molecule has 6 heteroatoms. The molecule has 0 saturated heterocycles. The lowest BCUT2D eigenvalue weighted by Gasteiger charge is -2.18. The van der Waals surface area contributed by atoms with E-state index >= 15 is 0 Å². The van der Waals surface area contributed by atoms with Gasteiger partial charge in [0.05, 0.1) is 0 Å². The fourth-order valence-electron chi connectivity index (χ4n) is 9.13. The summed E-state index contributed by atoms with van der Waals surface area (Å²) in [6.07, 6.45) is 78.0. The molecule has 0 aliphatic rings. The summed E-state index contributed by atoms with van der Waals surface area (Å²) in [5, 5.41) is 0. The van der Waals surface area contributed by atoms with Crippen molar-refractivity contribution < 1.29 is 28.6 Å². The van der Waals surface area contributed by atoms with Crippen LogP contribution in [0, 0.1) is 0 Å². The Morgan fingerprint density at radius 2 is 0.507 bits per heavy atom. The van der Waals surface area contributed by atoms with Crippen molar-refractivity contribution in [3.8, 4) is 0 Å². The molecule has 0 aliphatic carbocycles. The van der Waals surface area contributed by atoms with Crippen molar-refractivity contribution >= 4 is 17.9 Å². The van der Waals surface area contributed by atoms with Gasteiger partial charge >= 0.3 is 17.9 Å². The van der Waals surface area contributed by atoms with Gasteiger partial charge in [0, 0.05) is 19.3 Å². The second kappa shape index (κ2) is 61.7. The van der Waals surface area contributed by atoms with Crippen LogP contribution in [-0.4, -0.2) is 37.2 Å². The fourth-order valence-corrected chi connectivity index (χ4v) is 9.13. The Bertz CT molecular complexity index is 1310. The van der Waals surface area contributed by atoms with Crippen LogP contribution in [0.15, 0.2) is 60.8 Å². The van der Waals surface area contributed by atoms with Crippen molar-refractivity contribution in [1.82, 2.24) is 0 Å². The van der Waals surface area contributed by atoms with Gasteiger partial charge in [-0.2, -0.15) is 0 Å². The van der Waals surface area contributed by atoms with Crippen LogP contribution in [0.25, 0.3) is 0 Å². The maximum Gasteiger partial charge on any atom is 0.306 e. The lowest BCUT2D eigenvalue weighted by Crippen LogP contribution is -2.30. The molecule has 73 heavy (non-hydrogen) atoms. The molecular weight excluding hydrogens is 901 g/mol. The van der Waals surface area contributed by atoms with E-state index in [1.807, 2.05) is 0 Å². The van der Waals surface area contributed by atoms with Crippen LogP contribution in [0.2, 0.25) is 0 Å². The first-order valence-corrected chi connectivity index (χ1v) is 31.8. The van der Waals surface area contributed by atoms with Gasteiger partial charge in [-0.1, -0.05) is 268 Å². The van der Waals surface area contributed by atoms with Gasteiger partial charge in [-0.15, -0.1) is 0 Å². The molecule has 0 rings (SSSR count). The average molecular weight is 1020 g/mol. The first-order valence-electron chi connectivity index (χ1n) is 31.8. The third kappa shape index (κ3) is 59.9. The summed E-state index contributed by atoms with van der Waals surface area (Å²) >= 11 is 0. The highest BCUT2D eigenvalue weighted by atomic mass is 16.6. The lowest BCUT2D eigenvalue weighted by atomic mass is 10.0. The van der Waals surface area contributed by atoms with Gasteiger partial charge in [0.15, 0.2) is 6.10 Å². The molecule has 0 aromatic rings. The Kier molecular flexibility index (Phi) is 59.2. The standard InChI is InChI=1S/C67H120O6/c1-4-7-10-13-16-19-22-25-28-30-31-32-33-34-35-36-37-38-40-42-45-48-51-54-57-60-66(69)72-63-64(62-71-65(68)59-56-53-50-47-44-41-27-24-21-18-15-12-9-6-3)73-67(70)61-58-55-52-49-46-43-39-29-26-23-20-17-14-11-8-5-2/h15,18,20,23-24,27,29-31,39,64H,4-14,16-17,19,21-22,25-26,28,32-38,40-63H2,1-3H3/b18-15-,23-20-,27-24-,31-30-,39-29-. The zero-order valence-electron chi connectivity index (χ0n) is 48.7. The molecule has 0 radical (unpaired) electrons.